The first kappa shape index (κ1) is 10.4. The molecular formula is C12H12FN3. The lowest BCUT2D eigenvalue weighted by Gasteiger charge is -2.09. The van der Waals surface area contributed by atoms with E-state index in [-0.39, 0.29) is 5.82 Å². The number of hydrogen-bond donors (Lipinski definition) is 2. The number of halogens is 1. The number of rotatable bonds is 2. The van der Waals surface area contributed by atoms with Crippen LogP contribution in [-0.2, 0) is 0 Å². The highest BCUT2D eigenvalue weighted by Gasteiger charge is 2.01. The molecule has 0 spiro atoms. The molecule has 0 saturated carbocycles. The Labute approximate surface area is 93.1 Å². The van der Waals surface area contributed by atoms with Gasteiger partial charge >= 0.3 is 0 Å². The average Bonchev–Trinajstić information content (AvgIpc) is 2.20. The predicted octanol–water partition coefficient (Wildman–Crippen LogP) is 2.85. The molecular weight excluding hydrogens is 205 g/mol. The molecule has 0 aliphatic carbocycles. The quantitative estimate of drug-likeness (QED) is 0.813. The molecule has 2 aromatic rings. The van der Waals surface area contributed by atoms with Crippen LogP contribution < -0.4 is 11.1 Å². The Balaban J connectivity index is 2.30. The molecule has 1 heterocycles. The van der Waals surface area contributed by atoms with Gasteiger partial charge in [-0.05, 0) is 42.8 Å². The first-order valence-electron chi connectivity index (χ1n) is 4.90. The van der Waals surface area contributed by atoms with Gasteiger partial charge in [0.05, 0.1) is 5.69 Å². The molecule has 0 aliphatic heterocycles. The maximum atomic E-state index is 13.1. The van der Waals surface area contributed by atoms with Gasteiger partial charge in [-0.15, -0.1) is 0 Å². The van der Waals surface area contributed by atoms with E-state index in [2.05, 4.69) is 10.3 Å². The van der Waals surface area contributed by atoms with Crippen molar-refractivity contribution in [2.24, 2.45) is 0 Å². The maximum Gasteiger partial charge on any atom is 0.147 e. The number of nitrogen functional groups attached to an aromatic ring is 1. The standard InChI is InChI=1S/C12H12FN3/c1-8-5-9(13)7-10(6-8)16-11-3-2-4-15-12(11)14/h2-7,16H,1H3,(H2,14,15). The zero-order valence-electron chi connectivity index (χ0n) is 8.87. The lowest BCUT2D eigenvalue weighted by Crippen LogP contribution is -1.98. The van der Waals surface area contributed by atoms with Crippen molar-refractivity contribution < 1.29 is 4.39 Å². The molecule has 3 nitrogen and oxygen atoms in total. The number of hydrogen-bond acceptors (Lipinski definition) is 3. The van der Waals surface area contributed by atoms with Crippen molar-refractivity contribution in [2.75, 3.05) is 11.1 Å². The molecule has 0 unspecified atom stereocenters. The van der Waals surface area contributed by atoms with Crippen LogP contribution in [0.2, 0.25) is 0 Å². The molecule has 0 radical (unpaired) electrons. The van der Waals surface area contributed by atoms with E-state index >= 15 is 0 Å². The fourth-order valence-electron chi connectivity index (χ4n) is 1.49. The minimum absolute atomic E-state index is 0.273. The van der Waals surface area contributed by atoms with Gasteiger partial charge in [0.25, 0.3) is 0 Å². The molecule has 0 saturated heterocycles. The summed E-state index contributed by atoms with van der Waals surface area (Å²) in [5.74, 6) is 0.120. The van der Waals surface area contributed by atoms with Crippen LogP contribution in [-0.4, -0.2) is 4.98 Å². The third-order valence-corrected chi connectivity index (χ3v) is 2.16. The summed E-state index contributed by atoms with van der Waals surface area (Å²) in [6.45, 7) is 1.83. The number of nitrogens with one attached hydrogen (secondary N) is 1. The first-order valence-corrected chi connectivity index (χ1v) is 4.90. The highest BCUT2D eigenvalue weighted by molar-refractivity contribution is 5.69. The summed E-state index contributed by atoms with van der Waals surface area (Å²) in [5, 5.41) is 3.03. The Hall–Kier alpha value is -2.10. The van der Waals surface area contributed by atoms with E-state index in [0.717, 1.165) is 5.56 Å². The van der Waals surface area contributed by atoms with Crippen molar-refractivity contribution in [3.63, 3.8) is 0 Å². The summed E-state index contributed by atoms with van der Waals surface area (Å²) in [6, 6.07) is 8.29. The van der Waals surface area contributed by atoms with Crippen molar-refractivity contribution in [2.45, 2.75) is 6.92 Å². The molecule has 0 amide bonds. The van der Waals surface area contributed by atoms with Gasteiger partial charge in [-0.3, -0.25) is 0 Å². The van der Waals surface area contributed by atoms with E-state index in [1.807, 2.05) is 13.0 Å². The second kappa shape index (κ2) is 4.18. The smallest absolute Gasteiger partial charge is 0.147 e. The summed E-state index contributed by atoms with van der Waals surface area (Å²) >= 11 is 0. The van der Waals surface area contributed by atoms with E-state index in [1.165, 1.54) is 12.1 Å². The summed E-state index contributed by atoms with van der Waals surface area (Å²) in [7, 11) is 0. The van der Waals surface area contributed by atoms with Crippen molar-refractivity contribution in [3.8, 4) is 0 Å². The van der Waals surface area contributed by atoms with Gasteiger partial charge in [-0.2, -0.15) is 0 Å². The Morgan fingerprint density at radius 1 is 1.31 bits per heavy atom. The van der Waals surface area contributed by atoms with Crippen molar-refractivity contribution in [1.82, 2.24) is 4.98 Å². The molecule has 82 valence electrons. The topological polar surface area (TPSA) is 50.9 Å². The molecule has 1 aromatic carbocycles. The highest BCUT2D eigenvalue weighted by Crippen LogP contribution is 2.22. The molecule has 0 bridgehead atoms. The Kier molecular flexibility index (Phi) is 2.72. The number of pyridine rings is 1. The lowest BCUT2D eigenvalue weighted by molar-refractivity contribution is 0.627. The summed E-state index contributed by atoms with van der Waals surface area (Å²) in [4.78, 5) is 3.94. The van der Waals surface area contributed by atoms with Gasteiger partial charge in [0, 0.05) is 11.9 Å². The average molecular weight is 217 g/mol. The summed E-state index contributed by atoms with van der Waals surface area (Å²) in [5.41, 5.74) is 7.87. The fourth-order valence-corrected chi connectivity index (χ4v) is 1.49. The third kappa shape index (κ3) is 2.28. The maximum absolute atomic E-state index is 13.1. The third-order valence-electron chi connectivity index (χ3n) is 2.16. The van der Waals surface area contributed by atoms with Gasteiger partial charge in [-0.1, -0.05) is 0 Å². The lowest BCUT2D eigenvalue weighted by atomic mass is 10.2. The number of anilines is 3. The molecule has 0 aliphatic rings. The van der Waals surface area contributed by atoms with Gasteiger partial charge < -0.3 is 11.1 Å². The number of aryl methyl sites for hydroxylation is 1. The zero-order chi connectivity index (χ0) is 11.5. The Morgan fingerprint density at radius 2 is 2.12 bits per heavy atom. The minimum Gasteiger partial charge on any atom is -0.382 e. The number of benzene rings is 1. The van der Waals surface area contributed by atoms with E-state index in [1.54, 1.807) is 18.3 Å². The normalized spacial score (nSPS) is 10.1. The molecule has 1 aromatic heterocycles. The van der Waals surface area contributed by atoms with Crippen LogP contribution in [0.3, 0.4) is 0 Å². The molecule has 0 fully saturated rings. The van der Waals surface area contributed by atoms with Crippen LogP contribution in [0.25, 0.3) is 0 Å². The first-order chi connectivity index (χ1) is 7.65. The van der Waals surface area contributed by atoms with Gasteiger partial charge in [0.1, 0.15) is 11.6 Å². The van der Waals surface area contributed by atoms with E-state index in [4.69, 9.17) is 5.73 Å². The van der Waals surface area contributed by atoms with Crippen LogP contribution in [0.1, 0.15) is 5.56 Å². The fraction of sp³-hybridized carbons (Fsp3) is 0.0833. The van der Waals surface area contributed by atoms with Gasteiger partial charge in [0.15, 0.2) is 0 Å². The second-order valence-corrected chi connectivity index (χ2v) is 3.58. The SMILES string of the molecule is Cc1cc(F)cc(Nc2cccnc2N)c1. The van der Waals surface area contributed by atoms with E-state index in [0.29, 0.717) is 17.2 Å². The monoisotopic (exact) mass is 217 g/mol. The molecule has 3 N–H and O–H groups in total. The highest BCUT2D eigenvalue weighted by atomic mass is 19.1. The predicted molar refractivity (Wildman–Crippen MR) is 63.1 cm³/mol. The van der Waals surface area contributed by atoms with Crippen LogP contribution in [0.15, 0.2) is 36.5 Å². The van der Waals surface area contributed by atoms with Gasteiger partial charge in [-0.25, -0.2) is 9.37 Å². The Morgan fingerprint density at radius 3 is 2.81 bits per heavy atom. The second-order valence-electron chi connectivity index (χ2n) is 3.58. The molecule has 2 rings (SSSR count). The largest absolute Gasteiger partial charge is 0.382 e. The van der Waals surface area contributed by atoms with Crippen LogP contribution >= 0.6 is 0 Å². The molecule has 0 atom stereocenters. The Bertz CT molecular complexity index is 491. The van der Waals surface area contributed by atoms with Crippen LogP contribution in [0.4, 0.5) is 21.6 Å². The van der Waals surface area contributed by atoms with E-state index in [9.17, 15) is 4.39 Å². The van der Waals surface area contributed by atoms with Crippen LogP contribution in [0.5, 0.6) is 0 Å². The van der Waals surface area contributed by atoms with Crippen molar-refractivity contribution in [3.05, 3.63) is 47.9 Å². The summed E-state index contributed by atoms with van der Waals surface area (Å²) in [6.07, 6.45) is 1.61. The van der Waals surface area contributed by atoms with Crippen molar-refractivity contribution >= 4 is 17.2 Å². The minimum atomic E-state index is -0.273. The van der Waals surface area contributed by atoms with E-state index < -0.39 is 0 Å². The number of nitrogens with two attached hydrogens (primary N) is 1. The van der Waals surface area contributed by atoms with Crippen molar-refractivity contribution in [1.29, 1.82) is 0 Å². The molecule has 4 heteroatoms. The molecule has 16 heavy (non-hydrogen) atoms. The van der Waals surface area contributed by atoms with Gasteiger partial charge in [0.2, 0.25) is 0 Å². The van der Waals surface area contributed by atoms with Crippen LogP contribution in [0, 0.1) is 12.7 Å². The zero-order valence-corrected chi connectivity index (χ0v) is 8.87. The number of nitrogens with zero attached hydrogens (tertiary/aromatic N) is 1. The number of aromatic nitrogens is 1. The summed E-state index contributed by atoms with van der Waals surface area (Å²) < 4.78 is 13.1.